The van der Waals surface area contributed by atoms with E-state index in [4.69, 9.17) is 5.26 Å². The molecule has 0 aliphatic heterocycles. The lowest BCUT2D eigenvalue weighted by Crippen LogP contribution is -2.22. The minimum Gasteiger partial charge on any atom is -0.362 e. The van der Waals surface area contributed by atoms with Gasteiger partial charge < -0.3 is 4.90 Å². The van der Waals surface area contributed by atoms with E-state index in [2.05, 4.69) is 5.10 Å². The van der Waals surface area contributed by atoms with E-state index in [9.17, 15) is 10.1 Å². The molecule has 0 unspecified atom stereocenters. The number of rotatable bonds is 5. The van der Waals surface area contributed by atoms with Crippen molar-refractivity contribution in [1.29, 1.82) is 5.26 Å². The zero-order valence-corrected chi connectivity index (χ0v) is 11.9. The van der Waals surface area contributed by atoms with Crippen molar-refractivity contribution in [3.05, 3.63) is 51.8 Å². The smallest absolute Gasteiger partial charge is 0.293 e. The molecule has 1 heterocycles. The molecule has 0 fully saturated rings. The van der Waals surface area contributed by atoms with Crippen molar-refractivity contribution < 1.29 is 4.92 Å². The Kier molecular flexibility index (Phi) is 4.18. The van der Waals surface area contributed by atoms with Crippen LogP contribution in [-0.2, 0) is 13.6 Å². The number of nitriles is 1. The lowest BCUT2D eigenvalue weighted by Gasteiger charge is -2.22. The Bertz CT molecular complexity index is 702. The van der Waals surface area contributed by atoms with Crippen molar-refractivity contribution in [2.24, 2.45) is 7.05 Å². The number of hydrogen-bond acceptors (Lipinski definition) is 5. The van der Waals surface area contributed by atoms with Crippen LogP contribution in [0.15, 0.2) is 30.6 Å². The number of hydrogen-bond donors (Lipinski definition) is 0. The first-order valence-electron chi connectivity index (χ1n) is 6.46. The summed E-state index contributed by atoms with van der Waals surface area (Å²) in [6.07, 6.45) is 3.61. The number of nitro groups is 1. The van der Waals surface area contributed by atoms with Crippen LogP contribution in [0.5, 0.6) is 0 Å². The van der Waals surface area contributed by atoms with Gasteiger partial charge in [-0.3, -0.25) is 14.8 Å². The predicted octanol–water partition coefficient (Wildman–Crippen LogP) is 2.23. The number of anilines is 1. The Labute approximate surface area is 122 Å². The number of nitrogens with zero attached hydrogens (tertiary/aromatic N) is 5. The first-order valence-corrected chi connectivity index (χ1v) is 6.46. The monoisotopic (exact) mass is 285 g/mol. The Morgan fingerprint density at radius 3 is 2.81 bits per heavy atom. The van der Waals surface area contributed by atoms with Crippen molar-refractivity contribution in [2.75, 3.05) is 11.4 Å². The second-order valence-electron chi connectivity index (χ2n) is 4.61. The first-order chi connectivity index (χ1) is 10.0. The van der Waals surface area contributed by atoms with Gasteiger partial charge in [-0.05, 0) is 19.1 Å². The van der Waals surface area contributed by atoms with Gasteiger partial charge in [0.05, 0.1) is 22.8 Å². The van der Waals surface area contributed by atoms with Crippen molar-refractivity contribution in [3.63, 3.8) is 0 Å². The van der Waals surface area contributed by atoms with Crippen LogP contribution >= 0.6 is 0 Å². The van der Waals surface area contributed by atoms with E-state index in [0.717, 1.165) is 5.56 Å². The van der Waals surface area contributed by atoms with Crippen LogP contribution in [0.25, 0.3) is 0 Å². The van der Waals surface area contributed by atoms with Crippen molar-refractivity contribution in [3.8, 4) is 6.07 Å². The SMILES string of the molecule is CCN(Cc1cnn(C)c1)c1ccc(C#N)cc1[N+](=O)[O-]. The fraction of sp³-hybridized carbons (Fsp3) is 0.286. The number of aryl methyl sites for hydroxylation is 1. The Hall–Kier alpha value is -2.88. The molecule has 7 heteroatoms. The fourth-order valence-corrected chi connectivity index (χ4v) is 2.15. The Morgan fingerprint density at radius 1 is 1.52 bits per heavy atom. The van der Waals surface area contributed by atoms with E-state index < -0.39 is 4.92 Å². The maximum atomic E-state index is 11.2. The molecule has 0 atom stereocenters. The molecule has 1 aromatic heterocycles. The highest BCUT2D eigenvalue weighted by Crippen LogP contribution is 2.30. The summed E-state index contributed by atoms with van der Waals surface area (Å²) in [5, 5.41) is 24.2. The number of nitro benzene ring substituents is 1. The van der Waals surface area contributed by atoms with Crippen LogP contribution in [0, 0.1) is 21.4 Å². The van der Waals surface area contributed by atoms with Gasteiger partial charge in [-0.25, -0.2) is 0 Å². The van der Waals surface area contributed by atoms with E-state index in [0.29, 0.717) is 18.8 Å². The summed E-state index contributed by atoms with van der Waals surface area (Å²) in [6.45, 7) is 3.07. The van der Waals surface area contributed by atoms with Gasteiger partial charge in [0, 0.05) is 38.0 Å². The Morgan fingerprint density at radius 2 is 2.29 bits per heavy atom. The van der Waals surface area contributed by atoms with Gasteiger partial charge in [-0.2, -0.15) is 10.4 Å². The molecule has 0 aliphatic carbocycles. The lowest BCUT2D eigenvalue weighted by molar-refractivity contribution is -0.384. The summed E-state index contributed by atoms with van der Waals surface area (Å²) in [5.41, 5.74) is 1.70. The molecule has 2 aromatic rings. The largest absolute Gasteiger partial charge is 0.362 e. The summed E-state index contributed by atoms with van der Waals surface area (Å²) in [7, 11) is 1.82. The van der Waals surface area contributed by atoms with E-state index >= 15 is 0 Å². The average Bonchev–Trinajstić information content (AvgIpc) is 2.89. The number of benzene rings is 1. The highest BCUT2D eigenvalue weighted by atomic mass is 16.6. The molecule has 2 rings (SSSR count). The average molecular weight is 285 g/mol. The zero-order chi connectivity index (χ0) is 15.4. The van der Waals surface area contributed by atoms with Crippen LogP contribution in [0.4, 0.5) is 11.4 Å². The maximum absolute atomic E-state index is 11.2. The van der Waals surface area contributed by atoms with Gasteiger partial charge in [0.15, 0.2) is 0 Å². The van der Waals surface area contributed by atoms with Gasteiger partial charge in [-0.15, -0.1) is 0 Å². The van der Waals surface area contributed by atoms with Gasteiger partial charge in [-0.1, -0.05) is 0 Å². The molecule has 0 saturated heterocycles. The molecule has 1 aromatic carbocycles. The minimum atomic E-state index is -0.456. The maximum Gasteiger partial charge on any atom is 0.293 e. The molecule has 0 N–H and O–H groups in total. The van der Waals surface area contributed by atoms with E-state index in [1.807, 2.05) is 31.1 Å². The van der Waals surface area contributed by atoms with Gasteiger partial charge in [0.25, 0.3) is 5.69 Å². The molecular weight excluding hydrogens is 270 g/mol. The van der Waals surface area contributed by atoms with Crippen LogP contribution in [0.3, 0.4) is 0 Å². The van der Waals surface area contributed by atoms with Crippen molar-refractivity contribution in [2.45, 2.75) is 13.5 Å². The third-order valence-electron chi connectivity index (χ3n) is 3.16. The van der Waals surface area contributed by atoms with Gasteiger partial charge in [0.1, 0.15) is 5.69 Å². The van der Waals surface area contributed by atoms with Crippen LogP contribution < -0.4 is 4.90 Å². The normalized spacial score (nSPS) is 10.1. The highest BCUT2D eigenvalue weighted by molar-refractivity contribution is 5.65. The van der Waals surface area contributed by atoms with E-state index in [-0.39, 0.29) is 11.3 Å². The zero-order valence-electron chi connectivity index (χ0n) is 11.9. The molecule has 0 saturated carbocycles. The van der Waals surface area contributed by atoms with Crippen molar-refractivity contribution >= 4 is 11.4 Å². The molecule has 108 valence electrons. The third-order valence-corrected chi connectivity index (χ3v) is 3.16. The van der Waals surface area contributed by atoms with Crippen molar-refractivity contribution in [1.82, 2.24) is 9.78 Å². The summed E-state index contributed by atoms with van der Waals surface area (Å²) in [6, 6.07) is 6.44. The van der Waals surface area contributed by atoms with Crippen LogP contribution in [0.2, 0.25) is 0 Å². The van der Waals surface area contributed by atoms with E-state index in [1.54, 1.807) is 23.0 Å². The summed E-state index contributed by atoms with van der Waals surface area (Å²) in [4.78, 5) is 12.6. The quantitative estimate of drug-likeness (QED) is 0.621. The third kappa shape index (κ3) is 3.17. The minimum absolute atomic E-state index is 0.0557. The second-order valence-corrected chi connectivity index (χ2v) is 4.61. The standard InChI is InChI=1S/C14H15N5O2/c1-3-18(10-12-8-16-17(2)9-12)13-5-4-11(7-15)6-14(13)19(20)21/h4-6,8-9H,3,10H2,1-2H3. The van der Waals surface area contributed by atoms with Crippen LogP contribution in [0.1, 0.15) is 18.1 Å². The molecule has 0 aliphatic rings. The van der Waals surface area contributed by atoms with Crippen LogP contribution in [-0.4, -0.2) is 21.2 Å². The molecule has 21 heavy (non-hydrogen) atoms. The molecule has 0 spiro atoms. The summed E-state index contributed by atoms with van der Waals surface area (Å²) >= 11 is 0. The van der Waals surface area contributed by atoms with E-state index in [1.165, 1.54) is 6.07 Å². The first kappa shape index (κ1) is 14.5. The second kappa shape index (κ2) is 6.05. The highest BCUT2D eigenvalue weighted by Gasteiger charge is 2.19. The molecule has 0 amide bonds. The van der Waals surface area contributed by atoms with Gasteiger partial charge >= 0.3 is 0 Å². The topological polar surface area (TPSA) is 88.0 Å². The molecule has 7 nitrogen and oxygen atoms in total. The predicted molar refractivity (Wildman–Crippen MR) is 77.7 cm³/mol. The molecule has 0 radical (unpaired) electrons. The molecular formula is C14H15N5O2. The molecule has 0 bridgehead atoms. The fourth-order valence-electron chi connectivity index (χ4n) is 2.15. The number of aromatic nitrogens is 2. The summed E-state index contributed by atoms with van der Waals surface area (Å²) in [5.74, 6) is 0. The summed E-state index contributed by atoms with van der Waals surface area (Å²) < 4.78 is 1.69. The lowest BCUT2D eigenvalue weighted by atomic mass is 10.1. The Balaban J connectivity index is 2.37. The van der Waals surface area contributed by atoms with Gasteiger partial charge in [0.2, 0.25) is 0 Å².